The molecule has 0 aromatic heterocycles. The van der Waals surface area contributed by atoms with Crippen LogP contribution in [0.3, 0.4) is 0 Å². The molecule has 1 atom stereocenters. The van der Waals surface area contributed by atoms with E-state index in [9.17, 15) is 22.8 Å². The van der Waals surface area contributed by atoms with Crippen molar-refractivity contribution in [1.29, 1.82) is 0 Å². The van der Waals surface area contributed by atoms with E-state index in [1.807, 2.05) is 0 Å². The predicted octanol–water partition coefficient (Wildman–Crippen LogP) is 2.44. The molecule has 0 amide bonds. The second-order valence-electron chi connectivity index (χ2n) is 4.61. The maximum Gasteiger partial charge on any atom is 0.431 e. The lowest BCUT2D eigenvalue weighted by molar-refractivity contribution is -0.141. The zero-order valence-corrected chi connectivity index (χ0v) is 12.8. The third-order valence-corrected chi connectivity index (χ3v) is 3.13. The number of ether oxygens (including phenoxy) is 2. The Morgan fingerprint density at radius 2 is 1.55 bits per heavy atom. The summed E-state index contributed by atoms with van der Waals surface area (Å²) in [5.74, 6) is -2.96. The molecule has 0 saturated carbocycles. The molecule has 0 radical (unpaired) electrons. The Hall–Kier alpha value is -1.99. The first kappa shape index (κ1) is 18.1. The molecule has 0 spiro atoms. The summed E-state index contributed by atoms with van der Waals surface area (Å²) in [7, 11) is 0. The number of allylic oxidation sites excluding steroid dienone is 2. The molecule has 5 nitrogen and oxygen atoms in total. The van der Waals surface area contributed by atoms with Crippen LogP contribution in [0.5, 0.6) is 0 Å². The summed E-state index contributed by atoms with van der Waals surface area (Å²) in [4.78, 5) is 23.8. The van der Waals surface area contributed by atoms with Crippen LogP contribution in [0.4, 0.5) is 13.2 Å². The van der Waals surface area contributed by atoms with E-state index in [0.717, 1.165) is 0 Å². The lowest BCUT2D eigenvalue weighted by Gasteiger charge is -2.29. The molecule has 0 aliphatic carbocycles. The van der Waals surface area contributed by atoms with E-state index in [1.54, 1.807) is 6.92 Å². The van der Waals surface area contributed by atoms with Crippen LogP contribution in [0, 0.1) is 5.92 Å². The molecular weight excluding hydrogens is 303 g/mol. The molecule has 0 aromatic rings. The summed E-state index contributed by atoms with van der Waals surface area (Å²) >= 11 is 0. The van der Waals surface area contributed by atoms with Crippen molar-refractivity contribution in [3.05, 3.63) is 22.5 Å². The highest BCUT2D eigenvalue weighted by atomic mass is 19.4. The van der Waals surface area contributed by atoms with Crippen LogP contribution in [-0.4, -0.2) is 31.3 Å². The highest BCUT2D eigenvalue weighted by Gasteiger charge is 2.45. The maximum atomic E-state index is 13.1. The largest absolute Gasteiger partial charge is 0.463 e. The first-order valence-corrected chi connectivity index (χ1v) is 6.78. The van der Waals surface area contributed by atoms with Gasteiger partial charge in [0.1, 0.15) is 5.70 Å². The van der Waals surface area contributed by atoms with Gasteiger partial charge < -0.3 is 14.8 Å². The summed E-state index contributed by atoms with van der Waals surface area (Å²) in [5, 5.41) is 2.10. The van der Waals surface area contributed by atoms with E-state index in [4.69, 9.17) is 4.74 Å². The summed E-state index contributed by atoms with van der Waals surface area (Å²) < 4.78 is 49.0. The average molecular weight is 321 g/mol. The van der Waals surface area contributed by atoms with Gasteiger partial charge in [0.25, 0.3) is 0 Å². The number of halogens is 3. The fraction of sp³-hybridized carbons (Fsp3) is 0.571. The van der Waals surface area contributed by atoms with Crippen LogP contribution >= 0.6 is 0 Å². The van der Waals surface area contributed by atoms with Gasteiger partial charge in [0, 0.05) is 11.6 Å². The number of dihydropyridines is 1. The number of carbonyl (C=O) groups is 2. The molecule has 22 heavy (non-hydrogen) atoms. The summed E-state index contributed by atoms with van der Waals surface area (Å²) in [6, 6.07) is 0. The van der Waals surface area contributed by atoms with Gasteiger partial charge in [-0.05, 0) is 20.8 Å². The Morgan fingerprint density at radius 1 is 1.09 bits per heavy atom. The molecular formula is C14H18F3NO4. The van der Waals surface area contributed by atoms with Crippen molar-refractivity contribution >= 4 is 11.9 Å². The predicted molar refractivity (Wildman–Crippen MR) is 71.3 cm³/mol. The molecule has 0 aromatic carbocycles. The van der Waals surface area contributed by atoms with Crippen molar-refractivity contribution in [2.24, 2.45) is 5.92 Å². The first-order valence-electron chi connectivity index (χ1n) is 6.78. The van der Waals surface area contributed by atoms with Crippen LogP contribution in [0.15, 0.2) is 22.5 Å². The molecule has 1 unspecified atom stereocenters. The summed E-state index contributed by atoms with van der Waals surface area (Å²) in [6.45, 7) is 5.74. The smallest absolute Gasteiger partial charge is 0.431 e. The lowest BCUT2D eigenvalue weighted by atomic mass is 9.86. The number of alkyl halides is 3. The minimum Gasteiger partial charge on any atom is -0.463 e. The fourth-order valence-corrected chi connectivity index (χ4v) is 2.26. The Bertz CT molecular complexity index is 535. The van der Waals surface area contributed by atoms with Crippen LogP contribution in [-0.2, 0) is 19.1 Å². The van der Waals surface area contributed by atoms with Crippen molar-refractivity contribution in [3.8, 4) is 0 Å². The number of hydrogen-bond acceptors (Lipinski definition) is 5. The second kappa shape index (κ2) is 6.85. The number of rotatable bonds is 4. The van der Waals surface area contributed by atoms with E-state index >= 15 is 0 Å². The van der Waals surface area contributed by atoms with Crippen LogP contribution in [0.25, 0.3) is 0 Å². The Balaban J connectivity index is 3.35. The van der Waals surface area contributed by atoms with E-state index in [-0.39, 0.29) is 24.5 Å². The van der Waals surface area contributed by atoms with Crippen molar-refractivity contribution < 1.29 is 32.2 Å². The quantitative estimate of drug-likeness (QED) is 0.806. The van der Waals surface area contributed by atoms with Gasteiger partial charge in [-0.15, -0.1) is 0 Å². The van der Waals surface area contributed by atoms with Crippen molar-refractivity contribution in [2.75, 3.05) is 13.2 Å². The summed E-state index contributed by atoms with van der Waals surface area (Å²) in [6.07, 6.45) is -4.77. The molecule has 8 heteroatoms. The van der Waals surface area contributed by atoms with Crippen molar-refractivity contribution in [3.63, 3.8) is 0 Å². The van der Waals surface area contributed by atoms with Gasteiger partial charge in [-0.25, -0.2) is 9.59 Å². The normalized spacial score (nSPS) is 19.0. The molecule has 124 valence electrons. The van der Waals surface area contributed by atoms with Gasteiger partial charge in [-0.1, -0.05) is 6.92 Å². The SMILES string of the molecule is CCOC(=O)C1=C(C)NC(C(F)(F)F)=C(C(=O)OCC)C1C. The van der Waals surface area contributed by atoms with Crippen LogP contribution in [0.2, 0.25) is 0 Å². The van der Waals surface area contributed by atoms with Crippen LogP contribution in [0.1, 0.15) is 27.7 Å². The maximum absolute atomic E-state index is 13.1. The van der Waals surface area contributed by atoms with Gasteiger partial charge in [-0.3, -0.25) is 0 Å². The zero-order chi connectivity index (χ0) is 17.1. The second-order valence-corrected chi connectivity index (χ2v) is 4.61. The molecule has 1 aliphatic heterocycles. The average Bonchev–Trinajstić information content (AvgIpc) is 2.37. The number of esters is 2. The van der Waals surface area contributed by atoms with E-state index in [0.29, 0.717) is 0 Å². The number of nitrogens with one attached hydrogen (secondary N) is 1. The molecule has 1 rings (SSSR count). The third-order valence-electron chi connectivity index (χ3n) is 3.13. The first-order chi connectivity index (χ1) is 10.1. The fourth-order valence-electron chi connectivity index (χ4n) is 2.26. The van der Waals surface area contributed by atoms with Gasteiger partial charge in [-0.2, -0.15) is 13.2 Å². The molecule has 1 heterocycles. The highest BCUT2D eigenvalue weighted by Crippen LogP contribution is 2.37. The van der Waals surface area contributed by atoms with Crippen LogP contribution < -0.4 is 5.32 Å². The number of hydrogen-bond donors (Lipinski definition) is 1. The summed E-state index contributed by atoms with van der Waals surface area (Å²) in [5.41, 5.74) is -1.84. The molecule has 1 aliphatic rings. The van der Waals surface area contributed by atoms with Crippen molar-refractivity contribution in [2.45, 2.75) is 33.9 Å². The van der Waals surface area contributed by atoms with E-state index in [1.165, 1.54) is 20.8 Å². The standard InChI is InChI=1S/C14H18F3NO4/c1-5-21-12(19)9-7(3)10(13(20)22-6-2)11(14(15,16)17)18-8(9)4/h7,18H,5-6H2,1-4H3. The number of carbonyl (C=O) groups excluding carboxylic acids is 2. The topological polar surface area (TPSA) is 64.6 Å². The zero-order valence-electron chi connectivity index (χ0n) is 12.8. The lowest BCUT2D eigenvalue weighted by Crippen LogP contribution is -2.38. The highest BCUT2D eigenvalue weighted by molar-refractivity contribution is 5.97. The van der Waals surface area contributed by atoms with Gasteiger partial charge in [0.15, 0.2) is 0 Å². The Morgan fingerprint density at radius 3 is 1.95 bits per heavy atom. The monoisotopic (exact) mass is 321 g/mol. The van der Waals surface area contributed by atoms with Crippen molar-refractivity contribution in [1.82, 2.24) is 5.32 Å². The third kappa shape index (κ3) is 3.61. The minimum absolute atomic E-state index is 0.00586. The molecule has 0 bridgehead atoms. The Kier molecular flexibility index (Phi) is 5.62. The van der Waals surface area contributed by atoms with E-state index in [2.05, 4.69) is 10.1 Å². The Labute approximate surface area is 126 Å². The van der Waals surface area contributed by atoms with E-state index < -0.39 is 35.3 Å². The minimum atomic E-state index is -4.77. The van der Waals surface area contributed by atoms with Gasteiger partial charge >= 0.3 is 18.1 Å². The molecule has 0 saturated heterocycles. The molecule has 0 fully saturated rings. The van der Waals surface area contributed by atoms with Gasteiger partial charge in [0.2, 0.25) is 0 Å². The van der Waals surface area contributed by atoms with Gasteiger partial charge in [0.05, 0.1) is 24.4 Å². The molecule has 1 N–H and O–H groups in total.